The smallest absolute Gasteiger partial charge is 0.0715 e. The van der Waals surface area contributed by atoms with Crippen molar-refractivity contribution >= 4 is 11.6 Å². The Kier molecular flexibility index (Phi) is 10.1. The Bertz CT molecular complexity index is 86.9. The summed E-state index contributed by atoms with van der Waals surface area (Å²) in [4.78, 5) is 0. The van der Waals surface area contributed by atoms with E-state index >= 15 is 0 Å². The van der Waals surface area contributed by atoms with Gasteiger partial charge in [-0.3, -0.25) is 0 Å². The number of hydrogen-bond acceptors (Lipinski definition) is 0. The summed E-state index contributed by atoms with van der Waals surface area (Å²) >= 11 is 5.35. The molecule has 0 aromatic rings. The molecule has 0 unspecified atom stereocenters. The molecule has 0 saturated heterocycles. The zero-order chi connectivity index (χ0) is 8.36. The van der Waals surface area contributed by atoms with Gasteiger partial charge >= 0.3 is 0 Å². The predicted molar refractivity (Wildman–Crippen MR) is 52.7 cm³/mol. The van der Waals surface area contributed by atoms with Crippen LogP contribution in [0.25, 0.3) is 0 Å². The minimum Gasteiger partial charge on any atom is -0.117 e. The van der Waals surface area contributed by atoms with Crippen LogP contribution >= 0.6 is 11.6 Å². The maximum Gasteiger partial charge on any atom is 0.0715 e. The Morgan fingerprint density at radius 2 is 1.82 bits per heavy atom. The number of halogens is 1. The maximum absolute atomic E-state index is 5.35. The van der Waals surface area contributed by atoms with Gasteiger partial charge in [0, 0.05) is 0 Å². The molecular weight excluding hydrogens is 156 g/mol. The molecule has 0 heterocycles. The molecule has 0 aliphatic heterocycles. The molecule has 0 saturated carbocycles. The largest absolute Gasteiger partial charge is 0.117 e. The Morgan fingerprint density at radius 1 is 1.09 bits per heavy atom. The third-order valence-corrected chi connectivity index (χ3v) is 1.83. The lowest BCUT2D eigenvalue weighted by Crippen LogP contribution is -1.75. The molecule has 0 nitrogen and oxygen atoms in total. The van der Waals surface area contributed by atoms with Crippen molar-refractivity contribution in [1.29, 1.82) is 0 Å². The highest BCUT2D eigenvalue weighted by Gasteiger charge is 1.85. The fraction of sp³-hybridized carbons (Fsp3) is 0.700. The average molecular weight is 174 g/mol. The molecule has 1 radical (unpaired) electrons. The van der Waals surface area contributed by atoms with Crippen LogP contribution in [-0.2, 0) is 0 Å². The van der Waals surface area contributed by atoms with Gasteiger partial charge in [0.15, 0.2) is 0 Å². The van der Waals surface area contributed by atoms with E-state index in [2.05, 4.69) is 13.0 Å². The van der Waals surface area contributed by atoms with Gasteiger partial charge in [0.25, 0.3) is 0 Å². The van der Waals surface area contributed by atoms with Crippen molar-refractivity contribution in [3.63, 3.8) is 0 Å². The van der Waals surface area contributed by atoms with Crippen LogP contribution in [0.3, 0.4) is 0 Å². The Morgan fingerprint density at radius 3 is 2.45 bits per heavy atom. The minimum absolute atomic E-state index is 1.17. The minimum atomic E-state index is 1.17. The molecule has 0 aromatic heterocycles. The van der Waals surface area contributed by atoms with Crippen LogP contribution in [0.2, 0.25) is 0 Å². The van der Waals surface area contributed by atoms with Gasteiger partial charge in [-0.2, -0.15) is 0 Å². The molecule has 0 bridgehead atoms. The topological polar surface area (TPSA) is 0 Å². The van der Waals surface area contributed by atoms with Crippen molar-refractivity contribution in [3.05, 3.63) is 18.0 Å². The first-order valence-electron chi connectivity index (χ1n) is 4.50. The SMILES string of the molecule is CCCCCCC/C=C/[CH]Cl. The summed E-state index contributed by atoms with van der Waals surface area (Å²) in [5.74, 6) is 1.56. The van der Waals surface area contributed by atoms with Crippen LogP contribution in [0.5, 0.6) is 0 Å². The molecule has 1 heteroatoms. The van der Waals surface area contributed by atoms with E-state index in [1.165, 1.54) is 38.5 Å². The molecule has 0 aromatic carbocycles. The third kappa shape index (κ3) is 10.0. The highest BCUT2D eigenvalue weighted by molar-refractivity contribution is 6.24. The second kappa shape index (κ2) is 10.0. The van der Waals surface area contributed by atoms with E-state index in [1.807, 2.05) is 6.08 Å². The fourth-order valence-corrected chi connectivity index (χ4v) is 1.12. The van der Waals surface area contributed by atoms with E-state index in [9.17, 15) is 0 Å². The number of allylic oxidation sites excluding steroid dienone is 2. The van der Waals surface area contributed by atoms with E-state index in [0.29, 0.717) is 0 Å². The van der Waals surface area contributed by atoms with Gasteiger partial charge in [-0.15, -0.1) is 11.6 Å². The quantitative estimate of drug-likeness (QED) is 0.504. The Labute approximate surface area is 75.6 Å². The van der Waals surface area contributed by atoms with Crippen molar-refractivity contribution < 1.29 is 0 Å². The van der Waals surface area contributed by atoms with Crippen molar-refractivity contribution in [1.82, 2.24) is 0 Å². The molecule has 0 atom stereocenters. The third-order valence-electron chi connectivity index (χ3n) is 1.68. The molecule has 11 heavy (non-hydrogen) atoms. The number of unbranched alkanes of at least 4 members (excludes halogenated alkanes) is 5. The summed E-state index contributed by atoms with van der Waals surface area (Å²) in [7, 11) is 0. The van der Waals surface area contributed by atoms with Crippen LogP contribution in [-0.4, -0.2) is 0 Å². The predicted octanol–water partition coefficient (Wildman–Crippen LogP) is 4.30. The second-order valence-electron chi connectivity index (χ2n) is 2.76. The summed E-state index contributed by atoms with van der Waals surface area (Å²) in [6.07, 6.45) is 12.0. The normalized spacial score (nSPS) is 11.1. The van der Waals surface area contributed by atoms with Crippen LogP contribution < -0.4 is 0 Å². The molecule has 0 spiro atoms. The first-order valence-corrected chi connectivity index (χ1v) is 4.94. The first-order chi connectivity index (χ1) is 5.41. The number of hydrogen-bond donors (Lipinski definition) is 0. The zero-order valence-corrected chi connectivity index (χ0v) is 8.11. The standard InChI is InChI=1S/C10H18Cl/c1-2-3-4-5-6-7-8-9-10-11/h8-10H,2-7H2,1H3/b9-8+. The van der Waals surface area contributed by atoms with Gasteiger partial charge in [-0.1, -0.05) is 44.8 Å². The number of rotatable bonds is 7. The lowest BCUT2D eigenvalue weighted by molar-refractivity contribution is 0.637. The van der Waals surface area contributed by atoms with E-state index < -0.39 is 0 Å². The van der Waals surface area contributed by atoms with Gasteiger partial charge in [-0.25, -0.2) is 0 Å². The van der Waals surface area contributed by atoms with E-state index in [4.69, 9.17) is 11.6 Å². The fourth-order valence-electron chi connectivity index (χ4n) is 1.01. The Balaban J connectivity index is 2.85. The highest BCUT2D eigenvalue weighted by atomic mass is 35.5. The summed E-state index contributed by atoms with van der Waals surface area (Å²) in [6, 6.07) is 0. The van der Waals surface area contributed by atoms with Crippen LogP contribution in [0.4, 0.5) is 0 Å². The lowest BCUT2D eigenvalue weighted by atomic mass is 10.1. The average Bonchev–Trinajstić information content (AvgIpc) is 2.03. The van der Waals surface area contributed by atoms with E-state index in [-0.39, 0.29) is 0 Å². The van der Waals surface area contributed by atoms with Gasteiger partial charge in [0.05, 0.1) is 5.88 Å². The highest BCUT2D eigenvalue weighted by Crippen LogP contribution is 2.05. The van der Waals surface area contributed by atoms with Crippen molar-refractivity contribution in [2.24, 2.45) is 0 Å². The van der Waals surface area contributed by atoms with Crippen LogP contribution in [0, 0.1) is 5.88 Å². The van der Waals surface area contributed by atoms with Crippen molar-refractivity contribution in [2.75, 3.05) is 0 Å². The molecule has 0 N–H and O–H groups in total. The van der Waals surface area contributed by atoms with E-state index in [0.717, 1.165) is 0 Å². The molecule has 0 amide bonds. The van der Waals surface area contributed by atoms with Crippen molar-refractivity contribution in [2.45, 2.75) is 45.4 Å². The van der Waals surface area contributed by atoms with Gasteiger partial charge in [0.2, 0.25) is 0 Å². The van der Waals surface area contributed by atoms with Gasteiger partial charge < -0.3 is 0 Å². The summed E-state index contributed by atoms with van der Waals surface area (Å²) < 4.78 is 0. The van der Waals surface area contributed by atoms with Crippen LogP contribution in [0.15, 0.2) is 12.2 Å². The summed E-state index contributed by atoms with van der Waals surface area (Å²) in [6.45, 7) is 2.24. The van der Waals surface area contributed by atoms with Gasteiger partial charge in [0.1, 0.15) is 0 Å². The van der Waals surface area contributed by atoms with E-state index in [1.54, 1.807) is 5.88 Å². The lowest BCUT2D eigenvalue weighted by Gasteiger charge is -1.95. The monoisotopic (exact) mass is 173 g/mol. The molecule has 0 fully saturated rings. The molecule has 0 rings (SSSR count). The maximum atomic E-state index is 5.35. The molecule has 0 aliphatic carbocycles. The van der Waals surface area contributed by atoms with Crippen LogP contribution in [0.1, 0.15) is 45.4 Å². The van der Waals surface area contributed by atoms with Crippen molar-refractivity contribution in [3.8, 4) is 0 Å². The van der Waals surface area contributed by atoms with Gasteiger partial charge in [-0.05, 0) is 12.8 Å². The molecule has 65 valence electrons. The summed E-state index contributed by atoms with van der Waals surface area (Å²) in [5.41, 5.74) is 0. The zero-order valence-electron chi connectivity index (χ0n) is 7.35. The molecule has 0 aliphatic rings. The second-order valence-corrected chi connectivity index (χ2v) is 3.01. The molecular formula is C10H18Cl. The first kappa shape index (κ1) is 11.0. The summed E-state index contributed by atoms with van der Waals surface area (Å²) in [5, 5.41) is 0. The Hall–Kier alpha value is 0.0300.